The summed E-state index contributed by atoms with van der Waals surface area (Å²) in [5, 5.41) is 7.92. The summed E-state index contributed by atoms with van der Waals surface area (Å²) in [6.07, 6.45) is 2.28. The average molecular weight is 488 g/mol. The Labute approximate surface area is 209 Å². The van der Waals surface area contributed by atoms with Crippen LogP contribution in [0.1, 0.15) is 65.8 Å². The molecule has 5 rings (SSSR count). The maximum Gasteiger partial charge on any atom is 0.325 e. The Morgan fingerprint density at radius 2 is 1.83 bits per heavy atom. The van der Waals surface area contributed by atoms with E-state index in [1.54, 1.807) is 11.3 Å². The molecule has 1 aliphatic carbocycles. The third-order valence-corrected chi connectivity index (χ3v) is 8.25. The third kappa shape index (κ3) is 4.14. The van der Waals surface area contributed by atoms with E-state index in [0.717, 1.165) is 39.3 Å². The summed E-state index contributed by atoms with van der Waals surface area (Å²) in [5.74, 6) is -0.263. The fourth-order valence-electron chi connectivity index (χ4n) is 5.11. The number of fused-ring (bicyclic) bond motifs is 2. The molecule has 4 amide bonds. The number of amides is 4. The van der Waals surface area contributed by atoms with Gasteiger partial charge in [-0.15, -0.1) is 11.3 Å². The Kier molecular flexibility index (Phi) is 6.19. The number of nitrogens with one attached hydrogen (secondary N) is 2. The van der Waals surface area contributed by atoms with E-state index >= 15 is 0 Å². The average Bonchev–Trinajstić information content (AvgIpc) is 3.59. The first-order valence-corrected chi connectivity index (χ1v) is 13.0. The van der Waals surface area contributed by atoms with Gasteiger partial charge >= 0.3 is 6.03 Å². The largest absolute Gasteiger partial charge is 0.343 e. The van der Waals surface area contributed by atoms with Crippen molar-refractivity contribution >= 4 is 29.2 Å². The van der Waals surface area contributed by atoms with E-state index in [2.05, 4.69) is 36.6 Å². The van der Waals surface area contributed by atoms with Crippen molar-refractivity contribution in [1.82, 2.24) is 15.5 Å². The lowest BCUT2D eigenvalue weighted by Gasteiger charge is -2.23. The molecule has 3 atom stereocenters. The van der Waals surface area contributed by atoms with E-state index in [-0.39, 0.29) is 24.4 Å². The molecular weight excluding hydrogens is 458 g/mol. The number of hydrogen-bond donors (Lipinski definition) is 2. The molecule has 0 bridgehead atoms. The van der Waals surface area contributed by atoms with Crippen molar-refractivity contribution in [3.8, 4) is 0 Å². The van der Waals surface area contributed by atoms with Crippen LogP contribution < -0.4 is 10.6 Å². The molecule has 0 saturated carbocycles. The Balaban J connectivity index is 1.34. The summed E-state index contributed by atoms with van der Waals surface area (Å²) in [5.41, 5.74) is 3.05. The second kappa shape index (κ2) is 9.30. The van der Waals surface area contributed by atoms with Crippen LogP contribution in [0.2, 0.25) is 0 Å². The molecule has 1 fully saturated rings. The first-order valence-electron chi connectivity index (χ1n) is 12.1. The van der Waals surface area contributed by atoms with E-state index in [1.807, 2.05) is 53.9 Å². The maximum absolute atomic E-state index is 13.4. The fraction of sp³-hybridized carbons (Fsp3) is 0.321. The van der Waals surface area contributed by atoms with E-state index in [1.165, 1.54) is 5.56 Å². The molecule has 3 aromatic rings. The molecule has 3 unspecified atom stereocenters. The number of carbonyl (C=O) groups excluding carboxylic acids is 3. The summed E-state index contributed by atoms with van der Waals surface area (Å²) < 4.78 is 0. The van der Waals surface area contributed by atoms with Gasteiger partial charge in [-0.25, -0.2) is 4.79 Å². The Morgan fingerprint density at radius 3 is 2.54 bits per heavy atom. The van der Waals surface area contributed by atoms with Crippen molar-refractivity contribution in [2.45, 2.75) is 50.6 Å². The van der Waals surface area contributed by atoms with Crippen LogP contribution in [0.15, 0.2) is 66.0 Å². The highest BCUT2D eigenvalue weighted by Crippen LogP contribution is 2.41. The van der Waals surface area contributed by atoms with Gasteiger partial charge in [-0.3, -0.25) is 14.5 Å². The van der Waals surface area contributed by atoms with Crippen molar-refractivity contribution in [2.75, 3.05) is 6.54 Å². The van der Waals surface area contributed by atoms with Gasteiger partial charge in [-0.1, -0.05) is 68.4 Å². The van der Waals surface area contributed by atoms with E-state index in [0.29, 0.717) is 12.3 Å². The quantitative estimate of drug-likeness (QED) is 0.467. The standard InChI is InChI=1S/C28H29N3O3S/c1-3-18(2)19-10-12-21(13-11-19)25(23-9-6-16-35-23)29-24(32)17-31-26(33)28(30-27(31)34)15-14-20-7-4-5-8-22(20)28/h4-13,16,18,25H,3,14-15,17H2,1-2H3,(H,29,32)(H,30,34). The number of thiophene rings is 1. The van der Waals surface area contributed by atoms with Crippen molar-refractivity contribution in [3.05, 3.63) is 93.2 Å². The Morgan fingerprint density at radius 1 is 1.09 bits per heavy atom. The molecule has 1 aliphatic heterocycles. The molecule has 2 N–H and O–H groups in total. The van der Waals surface area contributed by atoms with Gasteiger partial charge in [0.25, 0.3) is 5.91 Å². The van der Waals surface area contributed by atoms with Crippen LogP contribution in [0.3, 0.4) is 0 Å². The molecule has 6 nitrogen and oxygen atoms in total. The lowest BCUT2D eigenvalue weighted by molar-refractivity contribution is -0.135. The summed E-state index contributed by atoms with van der Waals surface area (Å²) >= 11 is 1.56. The lowest BCUT2D eigenvalue weighted by Crippen LogP contribution is -2.44. The van der Waals surface area contributed by atoms with Crippen LogP contribution in [-0.4, -0.2) is 29.3 Å². The number of hydrogen-bond acceptors (Lipinski definition) is 4. The third-order valence-electron chi connectivity index (χ3n) is 7.31. The minimum absolute atomic E-state index is 0.318. The maximum atomic E-state index is 13.4. The molecule has 1 spiro atoms. The van der Waals surface area contributed by atoms with Gasteiger partial charge < -0.3 is 10.6 Å². The van der Waals surface area contributed by atoms with Gasteiger partial charge in [0, 0.05) is 4.88 Å². The molecule has 35 heavy (non-hydrogen) atoms. The first-order chi connectivity index (χ1) is 16.9. The molecule has 2 heterocycles. The SMILES string of the molecule is CCC(C)c1ccc(C(NC(=O)CN2C(=O)NC3(CCc4ccccc43)C2=O)c2cccs2)cc1. The van der Waals surface area contributed by atoms with Gasteiger partial charge in [-0.2, -0.15) is 0 Å². The highest BCUT2D eigenvalue weighted by molar-refractivity contribution is 7.10. The van der Waals surface area contributed by atoms with E-state index < -0.39 is 11.6 Å². The number of aryl methyl sites for hydroxylation is 1. The van der Waals surface area contributed by atoms with Crippen molar-refractivity contribution in [3.63, 3.8) is 0 Å². The normalized spacial score (nSPS) is 20.6. The fourth-order valence-corrected chi connectivity index (χ4v) is 5.91. The minimum atomic E-state index is -1.06. The summed E-state index contributed by atoms with van der Waals surface area (Å²) in [7, 11) is 0. The molecule has 7 heteroatoms. The van der Waals surface area contributed by atoms with Gasteiger partial charge in [-0.05, 0) is 58.9 Å². The molecule has 1 saturated heterocycles. The van der Waals surface area contributed by atoms with Gasteiger partial charge in [0.05, 0.1) is 6.04 Å². The van der Waals surface area contributed by atoms with Crippen LogP contribution >= 0.6 is 11.3 Å². The van der Waals surface area contributed by atoms with Gasteiger partial charge in [0.15, 0.2) is 0 Å². The number of nitrogens with zero attached hydrogens (tertiary/aromatic N) is 1. The van der Waals surface area contributed by atoms with Crippen LogP contribution in [0.5, 0.6) is 0 Å². The zero-order valence-corrected chi connectivity index (χ0v) is 20.7. The van der Waals surface area contributed by atoms with Gasteiger partial charge in [0.2, 0.25) is 5.91 Å². The predicted octanol–water partition coefficient (Wildman–Crippen LogP) is 4.86. The van der Waals surface area contributed by atoms with Crippen LogP contribution in [-0.2, 0) is 21.5 Å². The molecule has 2 aromatic carbocycles. The summed E-state index contributed by atoms with van der Waals surface area (Å²) in [6, 6.07) is 19.0. The molecule has 2 aliphatic rings. The lowest BCUT2D eigenvalue weighted by atomic mass is 9.92. The highest BCUT2D eigenvalue weighted by Gasteiger charge is 2.55. The zero-order chi connectivity index (χ0) is 24.6. The molecule has 0 radical (unpaired) electrons. The predicted molar refractivity (Wildman–Crippen MR) is 136 cm³/mol. The van der Waals surface area contributed by atoms with Crippen LogP contribution in [0.4, 0.5) is 4.79 Å². The number of rotatable bonds is 7. The second-order valence-electron chi connectivity index (χ2n) is 9.38. The van der Waals surface area contributed by atoms with Gasteiger partial charge in [0.1, 0.15) is 12.1 Å². The van der Waals surface area contributed by atoms with Crippen molar-refractivity contribution < 1.29 is 14.4 Å². The summed E-state index contributed by atoms with van der Waals surface area (Å²) in [6.45, 7) is 4.04. The topological polar surface area (TPSA) is 78.5 Å². The minimum Gasteiger partial charge on any atom is -0.343 e. The molecule has 180 valence electrons. The van der Waals surface area contributed by atoms with Crippen molar-refractivity contribution in [2.24, 2.45) is 0 Å². The van der Waals surface area contributed by atoms with Crippen molar-refractivity contribution in [1.29, 1.82) is 0 Å². The number of urea groups is 1. The Bertz CT molecular complexity index is 1250. The molecule has 1 aromatic heterocycles. The number of benzene rings is 2. The summed E-state index contributed by atoms with van der Waals surface area (Å²) in [4.78, 5) is 41.4. The van der Waals surface area contributed by atoms with Crippen LogP contribution in [0, 0.1) is 0 Å². The zero-order valence-electron chi connectivity index (χ0n) is 19.9. The van der Waals surface area contributed by atoms with Crippen LogP contribution in [0.25, 0.3) is 0 Å². The van der Waals surface area contributed by atoms with E-state index in [4.69, 9.17) is 0 Å². The highest BCUT2D eigenvalue weighted by atomic mass is 32.1. The number of imide groups is 1. The smallest absolute Gasteiger partial charge is 0.325 e. The first kappa shape index (κ1) is 23.3. The molecular formula is C28H29N3O3S. The number of carbonyl (C=O) groups is 3. The monoisotopic (exact) mass is 487 g/mol. The second-order valence-corrected chi connectivity index (χ2v) is 10.4. The van der Waals surface area contributed by atoms with E-state index in [9.17, 15) is 14.4 Å². The Hall–Kier alpha value is -3.45.